The van der Waals surface area contributed by atoms with Crippen LogP contribution in [0.5, 0.6) is 23.0 Å². The average molecular weight is 405 g/mol. The summed E-state index contributed by atoms with van der Waals surface area (Å²) in [4.78, 5) is 0. The maximum atomic E-state index is 10.4. The molecule has 2 rings (SSSR count). The molecule has 160 valence electrons. The summed E-state index contributed by atoms with van der Waals surface area (Å²) in [5, 5.41) is 37.4. The molecule has 0 saturated heterocycles. The molecule has 0 atom stereocenters. The highest BCUT2D eigenvalue weighted by molar-refractivity contribution is 5.74. The number of aromatic nitrogens is 4. The Kier molecular flexibility index (Phi) is 9.07. The number of allylic oxidation sites excluding steroid dienone is 1. The highest BCUT2D eigenvalue weighted by Gasteiger charge is 2.21. The number of nitrogens with one attached hydrogen (secondary N) is 2. The van der Waals surface area contributed by atoms with E-state index in [4.69, 9.17) is 9.47 Å². The summed E-state index contributed by atoms with van der Waals surface area (Å²) in [6.07, 6.45) is 11.6. The quantitative estimate of drug-likeness (QED) is 0.293. The molecule has 1 aromatic heterocycles. The van der Waals surface area contributed by atoms with Gasteiger partial charge in [0.2, 0.25) is 11.5 Å². The molecule has 9 heteroatoms. The molecular weight excluding hydrogens is 374 g/mol. The Labute approximate surface area is 171 Å². The van der Waals surface area contributed by atoms with Crippen LogP contribution in [0.3, 0.4) is 0 Å². The predicted molar refractivity (Wildman–Crippen MR) is 112 cm³/mol. The van der Waals surface area contributed by atoms with Gasteiger partial charge in [-0.05, 0) is 31.4 Å². The van der Waals surface area contributed by atoms with Crippen molar-refractivity contribution in [2.24, 2.45) is 0 Å². The number of H-pyrrole nitrogens is 1. The van der Waals surface area contributed by atoms with Crippen molar-refractivity contribution in [2.45, 2.75) is 51.9 Å². The van der Waals surface area contributed by atoms with Gasteiger partial charge in [0.1, 0.15) is 0 Å². The van der Waals surface area contributed by atoms with Crippen molar-refractivity contribution in [3.05, 3.63) is 17.2 Å². The molecule has 29 heavy (non-hydrogen) atoms. The number of benzene rings is 1. The molecule has 4 N–H and O–H groups in total. The molecule has 0 unspecified atom stereocenters. The number of methoxy groups -OCH3 is 2. The summed E-state index contributed by atoms with van der Waals surface area (Å²) < 4.78 is 10.3. The molecule has 0 aliphatic heterocycles. The van der Waals surface area contributed by atoms with E-state index in [9.17, 15) is 10.2 Å². The molecule has 0 fully saturated rings. The summed E-state index contributed by atoms with van der Waals surface area (Å²) in [6, 6.07) is 0. The van der Waals surface area contributed by atoms with Crippen LogP contribution in [-0.4, -0.2) is 51.6 Å². The summed E-state index contributed by atoms with van der Waals surface area (Å²) in [5.74, 6) is 0.790. The second-order valence-corrected chi connectivity index (χ2v) is 6.78. The number of hydrogen-bond donors (Lipinski definition) is 4. The van der Waals surface area contributed by atoms with Crippen LogP contribution in [0.2, 0.25) is 0 Å². The Morgan fingerprint density at radius 1 is 0.966 bits per heavy atom. The molecule has 0 aliphatic carbocycles. The number of phenolic OH excluding ortho intramolecular Hbond substituents is 2. The summed E-state index contributed by atoms with van der Waals surface area (Å²) in [5.41, 5.74) is 1.11. The van der Waals surface area contributed by atoms with Crippen molar-refractivity contribution >= 4 is 12.0 Å². The smallest absolute Gasteiger partial charge is 0.263 e. The van der Waals surface area contributed by atoms with Gasteiger partial charge in [-0.15, -0.1) is 5.10 Å². The van der Waals surface area contributed by atoms with Crippen molar-refractivity contribution in [2.75, 3.05) is 26.1 Å². The van der Waals surface area contributed by atoms with Gasteiger partial charge < -0.3 is 25.0 Å². The van der Waals surface area contributed by atoms with Gasteiger partial charge in [0.05, 0.1) is 14.2 Å². The van der Waals surface area contributed by atoms with Gasteiger partial charge in [-0.1, -0.05) is 42.9 Å². The van der Waals surface area contributed by atoms with Crippen LogP contribution >= 0.6 is 0 Å². The molecule has 1 heterocycles. The number of aromatic amines is 1. The predicted octanol–water partition coefficient (Wildman–Crippen LogP) is 3.79. The Morgan fingerprint density at radius 2 is 1.62 bits per heavy atom. The normalized spacial score (nSPS) is 11.1. The van der Waals surface area contributed by atoms with Crippen LogP contribution in [0.15, 0.2) is 6.08 Å². The third kappa shape index (κ3) is 6.27. The van der Waals surface area contributed by atoms with E-state index in [2.05, 4.69) is 25.9 Å². The second kappa shape index (κ2) is 11.8. The first-order valence-corrected chi connectivity index (χ1v) is 9.90. The van der Waals surface area contributed by atoms with Crippen molar-refractivity contribution in [1.82, 2.24) is 20.6 Å². The van der Waals surface area contributed by atoms with E-state index in [0.717, 1.165) is 32.2 Å². The average Bonchev–Trinajstić information content (AvgIpc) is 3.24. The van der Waals surface area contributed by atoms with Crippen LogP contribution in [-0.2, 0) is 0 Å². The van der Waals surface area contributed by atoms with Gasteiger partial charge >= 0.3 is 0 Å². The van der Waals surface area contributed by atoms with Crippen LogP contribution in [0.25, 0.3) is 6.08 Å². The zero-order valence-corrected chi connectivity index (χ0v) is 17.4. The van der Waals surface area contributed by atoms with Crippen LogP contribution in [0.4, 0.5) is 5.95 Å². The molecule has 2 aromatic rings. The lowest BCUT2D eigenvalue weighted by Crippen LogP contribution is -2.02. The van der Waals surface area contributed by atoms with Crippen LogP contribution in [0.1, 0.15) is 56.1 Å². The minimum atomic E-state index is -0.0228. The molecule has 0 amide bonds. The van der Waals surface area contributed by atoms with Crippen LogP contribution in [0, 0.1) is 6.92 Å². The van der Waals surface area contributed by atoms with Crippen molar-refractivity contribution < 1.29 is 19.7 Å². The lowest BCUT2D eigenvalue weighted by molar-refractivity contribution is 0.315. The number of nitrogens with zero attached hydrogens (tertiary/aromatic N) is 3. The molecule has 0 aliphatic rings. The largest absolute Gasteiger partial charge is 0.504 e. The molecule has 0 bridgehead atoms. The summed E-state index contributed by atoms with van der Waals surface area (Å²) in [7, 11) is 2.86. The number of anilines is 1. The highest BCUT2D eigenvalue weighted by Crippen LogP contribution is 2.48. The van der Waals surface area contributed by atoms with Crippen molar-refractivity contribution in [3.63, 3.8) is 0 Å². The zero-order chi connectivity index (χ0) is 21.1. The van der Waals surface area contributed by atoms with Gasteiger partial charge in [0.25, 0.3) is 5.95 Å². The SMILES string of the molecule is COc1c(O)c(C)c(C=CCCCCCCCCNc2nn[nH]n2)c(O)c1OC. The molecule has 1 aromatic carbocycles. The van der Waals surface area contributed by atoms with E-state index in [1.807, 2.05) is 12.2 Å². The lowest BCUT2D eigenvalue weighted by Gasteiger charge is -2.16. The van der Waals surface area contributed by atoms with E-state index in [1.165, 1.54) is 33.5 Å². The van der Waals surface area contributed by atoms with Crippen molar-refractivity contribution in [3.8, 4) is 23.0 Å². The van der Waals surface area contributed by atoms with Gasteiger partial charge in [-0.25, -0.2) is 0 Å². The maximum Gasteiger partial charge on any atom is 0.263 e. The monoisotopic (exact) mass is 405 g/mol. The first-order chi connectivity index (χ1) is 14.1. The lowest BCUT2D eigenvalue weighted by atomic mass is 10.0. The first-order valence-electron chi connectivity index (χ1n) is 9.90. The topological polar surface area (TPSA) is 125 Å². The number of aromatic hydroxyl groups is 2. The molecular formula is C20H31N5O4. The summed E-state index contributed by atoms with van der Waals surface area (Å²) in [6.45, 7) is 2.59. The number of hydrogen-bond acceptors (Lipinski definition) is 8. The molecule has 0 spiro atoms. The number of phenols is 2. The van der Waals surface area contributed by atoms with E-state index in [1.54, 1.807) is 6.92 Å². The van der Waals surface area contributed by atoms with E-state index >= 15 is 0 Å². The van der Waals surface area contributed by atoms with Gasteiger partial charge in [0, 0.05) is 17.7 Å². The number of rotatable bonds is 13. The van der Waals surface area contributed by atoms with Crippen molar-refractivity contribution in [1.29, 1.82) is 0 Å². The third-order valence-corrected chi connectivity index (χ3v) is 4.77. The Morgan fingerprint density at radius 3 is 2.28 bits per heavy atom. The molecule has 9 nitrogen and oxygen atoms in total. The maximum absolute atomic E-state index is 10.4. The van der Waals surface area contributed by atoms with E-state index in [-0.39, 0.29) is 23.0 Å². The zero-order valence-electron chi connectivity index (χ0n) is 17.4. The van der Waals surface area contributed by atoms with Gasteiger partial charge in [0.15, 0.2) is 11.5 Å². The fraction of sp³-hybridized carbons (Fsp3) is 0.550. The number of ether oxygens (including phenoxy) is 2. The first kappa shape index (κ1) is 22.3. The van der Waals surface area contributed by atoms with Gasteiger partial charge in [-0.3, -0.25) is 0 Å². The molecule has 0 saturated carbocycles. The molecule has 0 radical (unpaired) electrons. The number of unbranched alkanes of at least 4 members (excludes halogenated alkanes) is 6. The minimum absolute atomic E-state index is 0.0179. The van der Waals surface area contributed by atoms with E-state index < -0.39 is 0 Å². The fourth-order valence-corrected chi connectivity index (χ4v) is 3.13. The van der Waals surface area contributed by atoms with Crippen LogP contribution < -0.4 is 14.8 Å². The van der Waals surface area contributed by atoms with Gasteiger partial charge in [-0.2, -0.15) is 5.21 Å². The fourth-order valence-electron chi connectivity index (χ4n) is 3.13. The second-order valence-electron chi connectivity index (χ2n) is 6.78. The third-order valence-electron chi connectivity index (χ3n) is 4.77. The standard InChI is InChI=1S/C20H31N5O4/c1-14-15(17(27)19(29-3)18(28-2)16(14)26)12-10-8-6-4-5-7-9-11-13-21-20-22-24-25-23-20/h10,12,26-27H,4-9,11,13H2,1-3H3,(H2,21,22,23,24,25). The summed E-state index contributed by atoms with van der Waals surface area (Å²) >= 11 is 0. The Balaban J connectivity index is 1.67. The highest BCUT2D eigenvalue weighted by atomic mass is 16.5. The Hall–Kier alpha value is -2.97. The van der Waals surface area contributed by atoms with E-state index in [0.29, 0.717) is 17.1 Å². The number of tetrazole rings is 1. The Bertz CT molecular complexity index is 778. The minimum Gasteiger partial charge on any atom is -0.504 e.